The Morgan fingerprint density at radius 1 is 0.949 bits per heavy atom. The van der Waals surface area contributed by atoms with Crippen molar-refractivity contribution in [2.24, 2.45) is 0 Å². The summed E-state index contributed by atoms with van der Waals surface area (Å²) in [5.41, 5.74) is 1.70. The number of hydrogen-bond donors (Lipinski definition) is 1. The Hall–Kier alpha value is -3.43. The number of nitrogens with one attached hydrogen (secondary N) is 1. The highest BCUT2D eigenvalue weighted by Gasteiger charge is 2.32. The number of anilines is 1. The quantitative estimate of drug-likeness (QED) is 0.337. The third-order valence-electron chi connectivity index (χ3n) is 6.44. The van der Waals surface area contributed by atoms with Crippen molar-refractivity contribution in [1.29, 1.82) is 0 Å². The highest BCUT2D eigenvalue weighted by molar-refractivity contribution is 7.92. The first-order chi connectivity index (χ1) is 18.4. The largest absolute Gasteiger partial charge is 0.352 e. The summed E-state index contributed by atoms with van der Waals surface area (Å²) in [4.78, 5) is 28.2. The molecule has 0 fully saturated rings. The molecule has 0 spiro atoms. The minimum absolute atomic E-state index is 0.0166. The van der Waals surface area contributed by atoms with Crippen molar-refractivity contribution in [3.8, 4) is 0 Å². The molecule has 0 unspecified atom stereocenters. The monoisotopic (exact) mass is 573 g/mol. The molecule has 0 heterocycles. The lowest BCUT2D eigenvalue weighted by Gasteiger charge is -2.32. The third kappa shape index (κ3) is 7.80. The Morgan fingerprint density at radius 2 is 1.54 bits per heavy atom. The standard InChI is InChI=1S/C29H33ClFN3O4S/c1-5-21(3)32-29(36)22(4)33(18-23-8-10-24(30)11-9-23)28(35)19-34(26-14-12-25(31)13-15-26)39(37,38)27-16-6-20(2)7-17-27/h6-17,21-22H,5,18-19H2,1-4H3,(H,32,36)/t21-,22+/m0/s1. The molecule has 0 aliphatic rings. The van der Waals surface area contributed by atoms with Crippen LogP contribution in [0.3, 0.4) is 0 Å². The average molecular weight is 574 g/mol. The smallest absolute Gasteiger partial charge is 0.264 e. The van der Waals surface area contributed by atoms with Crippen molar-refractivity contribution < 1.29 is 22.4 Å². The topological polar surface area (TPSA) is 86.8 Å². The Kier molecular flexibility index (Phi) is 10.1. The maximum atomic E-state index is 13.8. The molecule has 2 amide bonds. The predicted molar refractivity (Wildman–Crippen MR) is 151 cm³/mol. The number of carbonyl (C=O) groups excluding carboxylic acids is 2. The zero-order valence-corrected chi connectivity index (χ0v) is 24.0. The molecule has 7 nitrogen and oxygen atoms in total. The van der Waals surface area contributed by atoms with Crippen LogP contribution in [-0.2, 0) is 26.2 Å². The fourth-order valence-corrected chi connectivity index (χ4v) is 5.35. The molecule has 0 radical (unpaired) electrons. The molecule has 0 saturated heterocycles. The van der Waals surface area contributed by atoms with E-state index in [0.717, 1.165) is 22.0 Å². The Morgan fingerprint density at radius 3 is 2.10 bits per heavy atom. The molecular formula is C29H33ClFN3O4S. The van der Waals surface area contributed by atoms with Gasteiger partial charge in [0, 0.05) is 17.6 Å². The predicted octanol–water partition coefficient (Wildman–Crippen LogP) is 5.31. The van der Waals surface area contributed by atoms with Gasteiger partial charge in [0.2, 0.25) is 11.8 Å². The summed E-state index contributed by atoms with van der Waals surface area (Å²) in [5.74, 6) is -1.50. The molecule has 3 aromatic carbocycles. The molecule has 3 rings (SSSR count). The van der Waals surface area contributed by atoms with Crippen LogP contribution in [0.1, 0.15) is 38.3 Å². The van der Waals surface area contributed by atoms with Crippen LogP contribution in [0, 0.1) is 12.7 Å². The zero-order chi connectivity index (χ0) is 28.7. The van der Waals surface area contributed by atoms with Crippen LogP contribution >= 0.6 is 11.6 Å². The van der Waals surface area contributed by atoms with Crippen LogP contribution in [-0.4, -0.2) is 43.8 Å². The first-order valence-electron chi connectivity index (χ1n) is 12.6. The van der Waals surface area contributed by atoms with E-state index in [4.69, 9.17) is 11.6 Å². The van der Waals surface area contributed by atoms with Gasteiger partial charge in [0.05, 0.1) is 10.6 Å². The first kappa shape index (κ1) is 30.1. The first-order valence-corrected chi connectivity index (χ1v) is 14.4. The maximum Gasteiger partial charge on any atom is 0.264 e. The lowest BCUT2D eigenvalue weighted by Crippen LogP contribution is -2.52. The van der Waals surface area contributed by atoms with Gasteiger partial charge in [-0.05, 0) is 81.3 Å². The molecule has 39 heavy (non-hydrogen) atoms. The van der Waals surface area contributed by atoms with Crippen molar-refractivity contribution in [3.05, 3.63) is 94.8 Å². The van der Waals surface area contributed by atoms with Gasteiger partial charge in [-0.25, -0.2) is 12.8 Å². The number of sulfonamides is 1. The van der Waals surface area contributed by atoms with Gasteiger partial charge < -0.3 is 10.2 Å². The van der Waals surface area contributed by atoms with Gasteiger partial charge in [-0.15, -0.1) is 0 Å². The summed E-state index contributed by atoms with van der Waals surface area (Å²) >= 11 is 6.02. The summed E-state index contributed by atoms with van der Waals surface area (Å²) in [6, 6.07) is 16.9. The van der Waals surface area contributed by atoms with E-state index in [0.29, 0.717) is 17.0 Å². The molecule has 0 saturated carbocycles. The number of rotatable bonds is 11. The van der Waals surface area contributed by atoms with Crippen molar-refractivity contribution in [2.75, 3.05) is 10.8 Å². The van der Waals surface area contributed by atoms with E-state index in [1.54, 1.807) is 43.3 Å². The number of benzene rings is 3. The van der Waals surface area contributed by atoms with E-state index in [1.165, 1.54) is 29.2 Å². The molecule has 3 aromatic rings. The second kappa shape index (κ2) is 13.1. The van der Waals surface area contributed by atoms with Crippen LogP contribution in [0.25, 0.3) is 0 Å². The van der Waals surface area contributed by atoms with Gasteiger partial charge >= 0.3 is 0 Å². The Labute approximate surface area is 234 Å². The van der Waals surface area contributed by atoms with Crippen molar-refractivity contribution in [1.82, 2.24) is 10.2 Å². The number of aryl methyl sites for hydroxylation is 1. The highest BCUT2D eigenvalue weighted by atomic mass is 35.5. The molecular weight excluding hydrogens is 541 g/mol. The number of hydrogen-bond acceptors (Lipinski definition) is 4. The van der Waals surface area contributed by atoms with Crippen LogP contribution in [0.5, 0.6) is 0 Å². The summed E-state index contributed by atoms with van der Waals surface area (Å²) in [5, 5.41) is 3.40. The molecule has 0 bridgehead atoms. The van der Waals surface area contributed by atoms with Gasteiger partial charge in [0.1, 0.15) is 18.4 Å². The Bertz CT molecular complexity index is 1380. The fraction of sp³-hybridized carbons (Fsp3) is 0.310. The van der Waals surface area contributed by atoms with Crippen LogP contribution < -0.4 is 9.62 Å². The van der Waals surface area contributed by atoms with E-state index < -0.39 is 34.3 Å². The number of nitrogens with zero attached hydrogens (tertiary/aromatic N) is 2. The van der Waals surface area contributed by atoms with Crippen LogP contribution in [0.15, 0.2) is 77.7 Å². The number of amides is 2. The van der Waals surface area contributed by atoms with Gasteiger partial charge in [-0.1, -0.05) is 48.4 Å². The minimum atomic E-state index is -4.21. The zero-order valence-electron chi connectivity index (χ0n) is 22.4. The SMILES string of the molecule is CC[C@H](C)NC(=O)[C@@H](C)N(Cc1ccc(Cl)cc1)C(=O)CN(c1ccc(F)cc1)S(=O)(=O)c1ccc(C)cc1. The van der Waals surface area contributed by atoms with Crippen molar-refractivity contribution in [3.63, 3.8) is 0 Å². The molecule has 208 valence electrons. The normalized spacial score (nSPS) is 12.9. The number of carbonyl (C=O) groups is 2. The lowest BCUT2D eigenvalue weighted by atomic mass is 10.1. The summed E-state index contributed by atoms with van der Waals surface area (Å²) in [6.07, 6.45) is 0.705. The Balaban J connectivity index is 2.01. The van der Waals surface area contributed by atoms with Gasteiger partial charge in [-0.2, -0.15) is 0 Å². The summed E-state index contributed by atoms with van der Waals surface area (Å²) < 4.78 is 42.1. The summed E-state index contributed by atoms with van der Waals surface area (Å²) in [6.45, 7) is 6.67. The van der Waals surface area contributed by atoms with Crippen molar-refractivity contribution >= 4 is 39.1 Å². The third-order valence-corrected chi connectivity index (χ3v) is 8.48. The van der Waals surface area contributed by atoms with Crippen molar-refractivity contribution in [2.45, 2.75) is 57.6 Å². The van der Waals surface area contributed by atoms with Gasteiger partial charge in [0.25, 0.3) is 10.0 Å². The number of halogens is 2. The van der Waals surface area contributed by atoms with Crippen LogP contribution in [0.4, 0.5) is 10.1 Å². The van der Waals surface area contributed by atoms with Crippen LogP contribution in [0.2, 0.25) is 5.02 Å². The average Bonchev–Trinajstić information content (AvgIpc) is 2.91. The minimum Gasteiger partial charge on any atom is -0.352 e. The molecule has 0 aliphatic carbocycles. The fourth-order valence-electron chi connectivity index (χ4n) is 3.81. The van der Waals surface area contributed by atoms with E-state index >= 15 is 0 Å². The molecule has 0 aromatic heterocycles. The maximum absolute atomic E-state index is 13.8. The lowest BCUT2D eigenvalue weighted by molar-refractivity contribution is -0.139. The van der Waals surface area contributed by atoms with Gasteiger partial charge in [0.15, 0.2) is 0 Å². The van der Waals surface area contributed by atoms with Gasteiger partial charge in [-0.3, -0.25) is 13.9 Å². The second-order valence-electron chi connectivity index (χ2n) is 9.44. The van der Waals surface area contributed by atoms with E-state index in [9.17, 15) is 22.4 Å². The second-order valence-corrected chi connectivity index (χ2v) is 11.7. The molecule has 0 aliphatic heterocycles. The molecule has 1 N–H and O–H groups in total. The van der Waals surface area contributed by atoms with E-state index in [2.05, 4.69) is 5.32 Å². The summed E-state index contributed by atoms with van der Waals surface area (Å²) in [7, 11) is -4.21. The highest BCUT2D eigenvalue weighted by Crippen LogP contribution is 2.25. The van der Waals surface area contributed by atoms with E-state index in [-0.39, 0.29) is 29.1 Å². The van der Waals surface area contributed by atoms with E-state index in [1.807, 2.05) is 20.8 Å². The molecule has 10 heteroatoms. The molecule has 2 atom stereocenters.